The molecule has 1 aliphatic heterocycles. The summed E-state index contributed by atoms with van der Waals surface area (Å²) in [7, 11) is 2.15. The average Bonchev–Trinajstić information content (AvgIpc) is 2.82. The van der Waals surface area contributed by atoms with Gasteiger partial charge in [-0.05, 0) is 67.3 Å². The van der Waals surface area contributed by atoms with Gasteiger partial charge in [0.1, 0.15) is 0 Å². The largest absolute Gasteiger partial charge is 0.355 e. The number of likely N-dealkylation sites (tertiary alicyclic amines) is 1. The summed E-state index contributed by atoms with van der Waals surface area (Å²) < 4.78 is 1.08. The van der Waals surface area contributed by atoms with Gasteiger partial charge in [0.15, 0.2) is 0 Å². The standard InChI is InChI=1S/C14H21BrN2OS/c1-10(12-5-6-13(15)19-12)14(18)16-8-11-4-3-7-17(2)9-11/h5-6,10-11H,3-4,7-9H2,1-2H3,(H,16,18)/t10-,11+/m1/s1. The van der Waals surface area contributed by atoms with Gasteiger partial charge in [0.05, 0.1) is 9.70 Å². The van der Waals surface area contributed by atoms with Crippen LogP contribution < -0.4 is 5.32 Å². The van der Waals surface area contributed by atoms with E-state index in [1.807, 2.05) is 19.1 Å². The predicted molar refractivity (Wildman–Crippen MR) is 83.7 cm³/mol. The lowest BCUT2D eigenvalue weighted by Crippen LogP contribution is -2.40. The van der Waals surface area contributed by atoms with Gasteiger partial charge in [0, 0.05) is 18.0 Å². The van der Waals surface area contributed by atoms with Gasteiger partial charge in [-0.3, -0.25) is 4.79 Å². The molecule has 1 aliphatic rings. The van der Waals surface area contributed by atoms with Crippen LogP contribution in [-0.2, 0) is 4.79 Å². The van der Waals surface area contributed by atoms with Crippen molar-refractivity contribution in [1.82, 2.24) is 10.2 Å². The van der Waals surface area contributed by atoms with Crippen molar-refractivity contribution in [3.8, 4) is 0 Å². The van der Waals surface area contributed by atoms with E-state index in [2.05, 4.69) is 33.2 Å². The molecular formula is C14H21BrN2OS. The van der Waals surface area contributed by atoms with Crippen LogP contribution in [0.15, 0.2) is 15.9 Å². The molecule has 1 fully saturated rings. The predicted octanol–water partition coefficient (Wildman–Crippen LogP) is 3.07. The van der Waals surface area contributed by atoms with Gasteiger partial charge in [-0.1, -0.05) is 0 Å². The molecule has 1 amide bonds. The molecule has 0 bridgehead atoms. The number of hydrogen-bond donors (Lipinski definition) is 1. The summed E-state index contributed by atoms with van der Waals surface area (Å²) in [5.41, 5.74) is 0. The maximum absolute atomic E-state index is 12.1. The van der Waals surface area contributed by atoms with Gasteiger partial charge in [-0.25, -0.2) is 0 Å². The lowest BCUT2D eigenvalue weighted by molar-refractivity contribution is -0.122. The van der Waals surface area contributed by atoms with Gasteiger partial charge in [-0.15, -0.1) is 11.3 Å². The van der Waals surface area contributed by atoms with E-state index >= 15 is 0 Å². The maximum atomic E-state index is 12.1. The molecule has 1 saturated heterocycles. The van der Waals surface area contributed by atoms with E-state index in [0.717, 1.165) is 21.8 Å². The van der Waals surface area contributed by atoms with Crippen LogP contribution in [-0.4, -0.2) is 37.5 Å². The van der Waals surface area contributed by atoms with E-state index in [9.17, 15) is 4.79 Å². The topological polar surface area (TPSA) is 32.3 Å². The van der Waals surface area contributed by atoms with Crippen molar-refractivity contribution in [2.45, 2.75) is 25.7 Å². The molecule has 19 heavy (non-hydrogen) atoms. The highest BCUT2D eigenvalue weighted by molar-refractivity contribution is 9.11. The summed E-state index contributed by atoms with van der Waals surface area (Å²) in [6, 6.07) is 4.02. The van der Waals surface area contributed by atoms with Crippen LogP contribution in [0.5, 0.6) is 0 Å². The minimum absolute atomic E-state index is 0.0578. The van der Waals surface area contributed by atoms with Crippen molar-refractivity contribution in [3.05, 3.63) is 20.8 Å². The molecule has 1 N–H and O–H groups in total. The number of rotatable bonds is 4. The molecule has 5 heteroatoms. The fourth-order valence-corrected chi connectivity index (χ4v) is 4.00. The Morgan fingerprint density at radius 3 is 3.05 bits per heavy atom. The van der Waals surface area contributed by atoms with E-state index in [0.29, 0.717) is 5.92 Å². The number of thiophene rings is 1. The normalized spacial score (nSPS) is 22.2. The lowest BCUT2D eigenvalue weighted by Gasteiger charge is -2.29. The molecular weight excluding hydrogens is 324 g/mol. The van der Waals surface area contributed by atoms with E-state index in [1.165, 1.54) is 19.4 Å². The molecule has 0 saturated carbocycles. The van der Waals surface area contributed by atoms with Crippen LogP contribution in [0.4, 0.5) is 0 Å². The minimum atomic E-state index is -0.0578. The number of halogens is 1. The van der Waals surface area contributed by atoms with Crippen LogP contribution in [0, 0.1) is 5.92 Å². The van der Waals surface area contributed by atoms with Gasteiger partial charge in [0.2, 0.25) is 5.91 Å². The van der Waals surface area contributed by atoms with Crippen molar-refractivity contribution in [3.63, 3.8) is 0 Å². The first-order chi connectivity index (χ1) is 9.06. The molecule has 2 heterocycles. The van der Waals surface area contributed by atoms with Gasteiger partial charge >= 0.3 is 0 Å². The number of nitrogens with zero attached hydrogens (tertiary/aromatic N) is 1. The smallest absolute Gasteiger partial charge is 0.228 e. The number of amides is 1. The summed E-state index contributed by atoms with van der Waals surface area (Å²) in [6.45, 7) is 5.06. The molecule has 0 spiro atoms. The Labute approximate surface area is 127 Å². The fourth-order valence-electron chi connectivity index (χ4n) is 2.53. The lowest BCUT2D eigenvalue weighted by atomic mass is 9.98. The second-order valence-corrected chi connectivity index (χ2v) is 7.87. The molecule has 0 aliphatic carbocycles. The van der Waals surface area contributed by atoms with Crippen molar-refractivity contribution >= 4 is 33.2 Å². The van der Waals surface area contributed by atoms with E-state index < -0.39 is 0 Å². The van der Waals surface area contributed by atoms with Gasteiger partial charge < -0.3 is 10.2 Å². The summed E-state index contributed by atoms with van der Waals surface area (Å²) in [6.07, 6.45) is 2.47. The Balaban J connectivity index is 1.80. The molecule has 1 aromatic heterocycles. The minimum Gasteiger partial charge on any atom is -0.355 e. The maximum Gasteiger partial charge on any atom is 0.228 e. The molecule has 0 unspecified atom stereocenters. The summed E-state index contributed by atoms with van der Waals surface area (Å²) in [4.78, 5) is 15.6. The molecule has 0 aromatic carbocycles. The summed E-state index contributed by atoms with van der Waals surface area (Å²) >= 11 is 5.07. The number of hydrogen-bond acceptors (Lipinski definition) is 3. The second-order valence-electron chi connectivity index (χ2n) is 5.38. The molecule has 3 nitrogen and oxygen atoms in total. The zero-order chi connectivity index (χ0) is 13.8. The third-order valence-corrected chi connectivity index (χ3v) is 5.51. The van der Waals surface area contributed by atoms with Crippen LogP contribution in [0.3, 0.4) is 0 Å². The summed E-state index contributed by atoms with van der Waals surface area (Å²) in [5, 5.41) is 3.11. The highest BCUT2D eigenvalue weighted by atomic mass is 79.9. The number of nitrogens with one attached hydrogen (secondary N) is 1. The van der Waals surface area contributed by atoms with E-state index in [4.69, 9.17) is 0 Å². The zero-order valence-electron chi connectivity index (χ0n) is 11.5. The van der Waals surface area contributed by atoms with Gasteiger partial charge in [0.25, 0.3) is 0 Å². The van der Waals surface area contributed by atoms with Crippen molar-refractivity contribution in [2.75, 3.05) is 26.7 Å². The SMILES string of the molecule is C[C@@H](C(=O)NC[C@@H]1CCCN(C)C1)c1ccc(Br)s1. The Morgan fingerprint density at radius 2 is 2.42 bits per heavy atom. The molecule has 106 valence electrons. The number of carbonyl (C=O) groups excluding carboxylic acids is 1. The van der Waals surface area contributed by atoms with Crippen LogP contribution in [0.25, 0.3) is 0 Å². The monoisotopic (exact) mass is 344 g/mol. The van der Waals surface area contributed by atoms with Crippen LogP contribution in [0.1, 0.15) is 30.6 Å². The Bertz CT molecular complexity index is 435. The number of piperidine rings is 1. The van der Waals surface area contributed by atoms with Crippen molar-refractivity contribution in [2.24, 2.45) is 5.92 Å². The van der Waals surface area contributed by atoms with Crippen molar-refractivity contribution < 1.29 is 4.79 Å². The Hall–Kier alpha value is -0.390. The van der Waals surface area contributed by atoms with Crippen LogP contribution >= 0.6 is 27.3 Å². The first-order valence-electron chi connectivity index (χ1n) is 6.77. The highest BCUT2D eigenvalue weighted by Gasteiger charge is 2.21. The third kappa shape index (κ3) is 4.29. The van der Waals surface area contributed by atoms with Gasteiger partial charge in [-0.2, -0.15) is 0 Å². The summed E-state index contributed by atoms with van der Waals surface area (Å²) in [5.74, 6) is 0.685. The average molecular weight is 345 g/mol. The Kier molecular flexibility index (Phi) is 5.42. The molecule has 0 radical (unpaired) electrons. The fraction of sp³-hybridized carbons (Fsp3) is 0.643. The molecule has 2 atom stereocenters. The second kappa shape index (κ2) is 6.86. The molecule has 1 aromatic rings. The Morgan fingerprint density at radius 1 is 1.63 bits per heavy atom. The third-order valence-electron chi connectivity index (χ3n) is 3.70. The highest BCUT2D eigenvalue weighted by Crippen LogP contribution is 2.28. The number of carbonyl (C=O) groups is 1. The van der Waals surface area contributed by atoms with E-state index in [1.54, 1.807) is 11.3 Å². The van der Waals surface area contributed by atoms with E-state index in [-0.39, 0.29) is 11.8 Å². The van der Waals surface area contributed by atoms with Crippen molar-refractivity contribution in [1.29, 1.82) is 0 Å². The quantitative estimate of drug-likeness (QED) is 0.910. The molecule has 2 rings (SSSR count). The van der Waals surface area contributed by atoms with Crippen LogP contribution in [0.2, 0.25) is 0 Å². The first-order valence-corrected chi connectivity index (χ1v) is 8.38. The zero-order valence-corrected chi connectivity index (χ0v) is 13.9. The first kappa shape index (κ1) is 15.0.